The number of rotatable bonds is 13. The molecular formula is C31H39N3O5S. The van der Waals surface area contributed by atoms with E-state index in [1.807, 2.05) is 75.4 Å². The van der Waals surface area contributed by atoms with Crippen LogP contribution in [-0.4, -0.2) is 56.6 Å². The minimum atomic E-state index is -3.88. The third-order valence-corrected chi connectivity index (χ3v) is 7.41. The molecule has 0 saturated carbocycles. The van der Waals surface area contributed by atoms with Crippen molar-refractivity contribution >= 4 is 27.5 Å². The van der Waals surface area contributed by atoms with Crippen LogP contribution in [0, 0.1) is 6.92 Å². The predicted octanol–water partition coefficient (Wildman–Crippen LogP) is 4.32. The van der Waals surface area contributed by atoms with Crippen molar-refractivity contribution in [2.75, 3.05) is 23.7 Å². The van der Waals surface area contributed by atoms with Crippen molar-refractivity contribution in [1.29, 1.82) is 0 Å². The SMILES string of the molecule is CCOc1ccccc1N(CC(=O)N(Cc1ccc(C)cc1)[C@@H](Cc1ccccc1)C(=O)NC(C)C)S(C)(=O)=O. The number of anilines is 1. The van der Waals surface area contributed by atoms with Crippen LogP contribution in [0.15, 0.2) is 78.9 Å². The van der Waals surface area contributed by atoms with Crippen molar-refractivity contribution in [2.24, 2.45) is 0 Å². The minimum Gasteiger partial charge on any atom is -0.492 e. The fraction of sp³-hybridized carbons (Fsp3) is 0.355. The van der Waals surface area contributed by atoms with Gasteiger partial charge in [0.15, 0.2) is 0 Å². The Morgan fingerprint density at radius 1 is 0.900 bits per heavy atom. The van der Waals surface area contributed by atoms with Gasteiger partial charge in [-0.15, -0.1) is 0 Å². The molecule has 0 fully saturated rings. The van der Waals surface area contributed by atoms with Crippen LogP contribution in [0.2, 0.25) is 0 Å². The number of carbonyl (C=O) groups is 2. The number of amides is 2. The summed E-state index contributed by atoms with van der Waals surface area (Å²) in [5.41, 5.74) is 3.04. The first-order valence-corrected chi connectivity index (χ1v) is 15.2. The van der Waals surface area contributed by atoms with Crippen LogP contribution >= 0.6 is 0 Å². The normalized spacial score (nSPS) is 12.1. The highest BCUT2D eigenvalue weighted by Gasteiger charge is 2.33. The third-order valence-electron chi connectivity index (χ3n) is 6.29. The molecule has 1 atom stereocenters. The van der Waals surface area contributed by atoms with Gasteiger partial charge in [-0.2, -0.15) is 0 Å². The number of nitrogens with zero attached hydrogens (tertiary/aromatic N) is 2. The first kappa shape index (κ1) is 30.7. The van der Waals surface area contributed by atoms with E-state index < -0.39 is 28.5 Å². The number of hydrogen-bond donors (Lipinski definition) is 1. The molecule has 0 radical (unpaired) electrons. The number of ether oxygens (including phenoxy) is 1. The largest absolute Gasteiger partial charge is 0.492 e. The molecule has 0 spiro atoms. The first-order valence-electron chi connectivity index (χ1n) is 13.4. The second-order valence-corrected chi connectivity index (χ2v) is 12.0. The van der Waals surface area contributed by atoms with Gasteiger partial charge in [0.05, 0.1) is 18.6 Å². The number of sulfonamides is 1. The Morgan fingerprint density at radius 2 is 1.52 bits per heavy atom. The Balaban J connectivity index is 2.07. The van der Waals surface area contributed by atoms with Crippen molar-refractivity contribution in [3.05, 3.63) is 95.6 Å². The summed E-state index contributed by atoms with van der Waals surface area (Å²) < 4.78 is 32.7. The van der Waals surface area contributed by atoms with E-state index in [2.05, 4.69) is 5.32 Å². The highest BCUT2D eigenvalue weighted by Crippen LogP contribution is 2.30. The molecule has 0 bridgehead atoms. The van der Waals surface area contributed by atoms with Gasteiger partial charge in [0.1, 0.15) is 18.3 Å². The Kier molecular flexibility index (Phi) is 10.7. The van der Waals surface area contributed by atoms with Crippen LogP contribution in [0.5, 0.6) is 5.75 Å². The monoisotopic (exact) mass is 565 g/mol. The Morgan fingerprint density at radius 3 is 2.12 bits per heavy atom. The van der Waals surface area contributed by atoms with Crippen LogP contribution < -0.4 is 14.4 Å². The second-order valence-electron chi connectivity index (χ2n) is 10.0. The molecule has 0 heterocycles. The summed E-state index contributed by atoms with van der Waals surface area (Å²) in [7, 11) is -3.88. The van der Waals surface area contributed by atoms with E-state index in [9.17, 15) is 18.0 Å². The molecule has 2 amide bonds. The Hall–Kier alpha value is -3.85. The molecule has 0 unspecified atom stereocenters. The van der Waals surface area contributed by atoms with Gasteiger partial charge in [-0.25, -0.2) is 8.42 Å². The zero-order valence-electron chi connectivity index (χ0n) is 23.8. The highest BCUT2D eigenvalue weighted by atomic mass is 32.2. The molecule has 0 aromatic heterocycles. The molecule has 3 aromatic rings. The van der Waals surface area contributed by atoms with Crippen molar-refractivity contribution < 1.29 is 22.7 Å². The second kappa shape index (κ2) is 14.0. The summed E-state index contributed by atoms with van der Waals surface area (Å²) in [5, 5.41) is 2.95. The van der Waals surface area contributed by atoms with Crippen LogP contribution in [-0.2, 0) is 32.6 Å². The van der Waals surface area contributed by atoms with Crippen LogP contribution in [0.3, 0.4) is 0 Å². The van der Waals surface area contributed by atoms with Crippen LogP contribution in [0.1, 0.15) is 37.5 Å². The van der Waals surface area contributed by atoms with Gasteiger partial charge in [0.2, 0.25) is 21.8 Å². The van der Waals surface area contributed by atoms with Gasteiger partial charge in [-0.1, -0.05) is 72.3 Å². The smallest absolute Gasteiger partial charge is 0.244 e. The lowest BCUT2D eigenvalue weighted by Crippen LogP contribution is -2.54. The van der Waals surface area contributed by atoms with E-state index >= 15 is 0 Å². The lowest BCUT2D eigenvalue weighted by atomic mass is 10.0. The number of carbonyl (C=O) groups excluding carboxylic acids is 2. The minimum absolute atomic E-state index is 0.132. The number of aryl methyl sites for hydroxylation is 1. The lowest BCUT2D eigenvalue weighted by molar-refractivity contribution is -0.140. The van der Waals surface area contributed by atoms with Crippen molar-refractivity contribution in [3.63, 3.8) is 0 Å². The van der Waals surface area contributed by atoms with E-state index in [0.29, 0.717) is 12.4 Å². The van der Waals surface area contributed by atoms with Crippen molar-refractivity contribution in [1.82, 2.24) is 10.2 Å². The Labute approximate surface area is 238 Å². The van der Waals surface area contributed by atoms with Crippen LogP contribution in [0.4, 0.5) is 5.69 Å². The lowest BCUT2D eigenvalue weighted by Gasteiger charge is -2.34. The summed E-state index contributed by atoms with van der Waals surface area (Å²) >= 11 is 0. The van der Waals surface area contributed by atoms with Crippen molar-refractivity contribution in [3.8, 4) is 5.75 Å². The van der Waals surface area contributed by atoms with E-state index in [0.717, 1.165) is 27.3 Å². The van der Waals surface area contributed by atoms with Gasteiger partial charge in [-0.3, -0.25) is 13.9 Å². The summed E-state index contributed by atoms with van der Waals surface area (Å²) in [6.45, 7) is 7.47. The molecule has 9 heteroatoms. The van der Waals surface area contributed by atoms with Crippen molar-refractivity contribution in [2.45, 2.75) is 52.7 Å². The standard InChI is InChI=1S/C31H39N3O5S/c1-6-39-29-15-11-10-14-27(29)34(40(5,37)38)22-30(35)33(21-26-18-16-24(4)17-19-26)28(31(36)32-23(2)3)20-25-12-8-7-9-13-25/h7-19,23,28H,6,20-22H2,1-5H3,(H,32,36)/t28-/m0/s1. The predicted molar refractivity (Wildman–Crippen MR) is 159 cm³/mol. The third kappa shape index (κ3) is 8.58. The number of benzene rings is 3. The number of nitrogens with one attached hydrogen (secondary N) is 1. The summed E-state index contributed by atoms with van der Waals surface area (Å²) in [6.07, 6.45) is 1.33. The average molecular weight is 566 g/mol. The van der Waals surface area contributed by atoms with E-state index in [1.54, 1.807) is 31.2 Å². The molecule has 3 aromatic carbocycles. The molecule has 8 nitrogen and oxygen atoms in total. The highest BCUT2D eigenvalue weighted by molar-refractivity contribution is 7.92. The molecule has 40 heavy (non-hydrogen) atoms. The van der Waals surface area contributed by atoms with Gasteiger partial charge >= 0.3 is 0 Å². The van der Waals surface area contributed by atoms with E-state index in [4.69, 9.17) is 4.74 Å². The van der Waals surface area contributed by atoms with Gasteiger partial charge in [-0.05, 0) is 51.0 Å². The van der Waals surface area contributed by atoms with Gasteiger partial charge in [0, 0.05) is 19.0 Å². The quantitative estimate of drug-likeness (QED) is 0.333. The summed E-state index contributed by atoms with van der Waals surface area (Å²) in [4.78, 5) is 29.2. The van der Waals surface area contributed by atoms with E-state index in [-0.39, 0.29) is 30.6 Å². The zero-order valence-corrected chi connectivity index (χ0v) is 24.6. The first-order chi connectivity index (χ1) is 19.0. The van der Waals surface area contributed by atoms with Gasteiger partial charge in [0.25, 0.3) is 0 Å². The molecular weight excluding hydrogens is 526 g/mol. The summed E-state index contributed by atoms with van der Waals surface area (Å²) in [6, 6.07) is 22.9. The molecule has 3 rings (SSSR count). The summed E-state index contributed by atoms with van der Waals surface area (Å²) in [5.74, 6) is -0.455. The topological polar surface area (TPSA) is 96.0 Å². The molecule has 214 valence electrons. The molecule has 0 aliphatic rings. The molecule has 0 saturated heterocycles. The molecule has 0 aliphatic carbocycles. The molecule has 0 aliphatic heterocycles. The van der Waals surface area contributed by atoms with E-state index in [1.165, 1.54) is 4.90 Å². The fourth-order valence-corrected chi connectivity index (χ4v) is 5.21. The molecule has 1 N–H and O–H groups in total. The average Bonchev–Trinajstić information content (AvgIpc) is 2.90. The zero-order chi connectivity index (χ0) is 29.3. The maximum Gasteiger partial charge on any atom is 0.244 e. The van der Waals surface area contributed by atoms with Crippen LogP contribution in [0.25, 0.3) is 0 Å². The number of hydrogen-bond acceptors (Lipinski definition) is 5. The fourth-order valence-electron chi connectivity index (χ4n) is 4.36. The maximum absolute atomic E-state index is 14.1. The van der Waals surface area contributed by atoms with Gasteiger partial charge < -0.3 is 15.0 Å². The Bertz CT molecular complexity index is 1380. The maximum atomic E-state index is 14.1. The number of para-hydroxylation sites is 2.